The standard InChI is InChI=1S/C31H42FN3O4/c1-22-20-34(18-19-35(22)30(37)39-31(2,3)4)21-23-6-12-26(13-7-23)33(5)29(36)24-8-14-27(15-9-24)38-28-16-10-25(32)11-17-28/h6-7,10-13,16-17,22,24,27H,8-9,14-15,18-21H2,1-5H3/t22-,24?,27?/m0/s1. The minimum Gasteiger partial charge on any atom is -0.490 e. The zero-order chi connectivity index (χ0) is 28.2. The lowest BCUT2D eigenvalue weighted by atomic mass is 9.86. The highest BCUT2D eigenvalue weighted by atomic mass is 19.1. The molecule has 1 saturated carbocycles. The molecular formula is C31H42FN3O4. The molecule has 0 aromatic heterocycles. The summed E-state index contributed by atoms with van der Waals surface area (Å²) in [4.78, 5) is 31.6. The van der Waals surface area contributed by atoms with Crippen molar-refractivity contribution in [3.63, 3.8) is 0 Å². The maximum Gasteiger partial charge on any atom is 0.410 e. The first kappa shape index (κ1) is 28.9. The zero-order valence-corrected chi connectivity index (χ0v) is 23.9. The SMILES string of the molecule is C[C@H]1CN(Cc2ccc(N(C)C(=O)C3CCC(Oc4ccc(F)cc4)CC3)cc2)CCN1C(=O)OC(C)(C)C. The van der Waals surface area contributed by atoms with Crippen LogP contribution in [-0.4, -0.2) is 66.2 Å². The topological polar surface area (TPSA) is 62.3 Å². The number of anilines is 1. The highest BCUT2D eigenvalue weighted by Crippen LogP contribution is 2.30. The molecule has 1 atom stereocenters. The Bertz CT molecular complexity index is 1110. The van der Waals surface area contributed by atoms with Crippen molar-refractivity contribution in [2.45, 2.75) is 77.7 Å². The molecule has 2 fully saturated rings. The van der Waals surface area contributed by atoms with Gasteiger partial charge in [-0.1, -0.05) is 12.1 Å². The van der Waals surface area contributed by atoms with E-state index < -0.39 is 5.60 Å². The molecule has 1 aliphatic heterocycles. The molecule has 1 saturated heterocycles. The first-order valence-electron chi connectivity index (χ1n) is 14.0. The van der Waals surface area contributed by atoms with E-state index in [0.29, 0.717) is 12.3 Å². The smallest absolute Gasteiger partial charge is 0.410 e. The highest BCUT2D eigenvalue weighted by molar-refractivity contribution is 5.94. The second-order valence-electron chi connectivity index (χ2n) is 11.9. The van der Waals surface area contributed by atoms with Crippen LogP contribution in [0, 0.1) is 11.7 Å². The second kappa shape index (κ2) is 12.4. The Kier molecular flexibility index (Phi) is 9.15. The van der Waals surface area contributed by atoms with Crippen molar-refractivity contribution in [2.24, 2.45) is 5.92 Å². The number of piperazine rings is 1. The number of halogens is 1. The Morgan fingerprint density at radius 2 is 1.62 bits per heavy atom. The molecule has 1 aliphatic carbocycles. The summed E-state index contributed by atoms with van der Waals surface area (Å²) in [6.07, 6.45) is 2.97. The third kappa shape index (κ3) is 7.94. The quantitative estimate of drug-likeness (QED) is 0.460. The number of rotatable bonds is 6. The van der Waals surface area contributed by atoms with E-state index in [-0.39, 0.29) is 35.9 Å². The molecule has 0 spiro atoms. The first-order valence-corrected chi connectivity index (χ1v) is 14.0. The first-order chi connectivity index (χ1) is 18.5. The van der Waals surface area contributed by atoms with Crippen molar-refractivity contribution in [3.8, 4) is 5.75 Å². The normalized spacial score (nSPS) is 22.3. The summed E-state index contributed by atoms with van der Waals surface area (Å²) in [7, 11) is 1.84. The average Bonchev–Trinajstić information content (AvgIpc) is 2.89. The summed E-state index contributed by atoms with van der Waals surface area (Å²) in [6.45, 7) is 10.7. The molecule has 0 unspecified atom stereocenters. The molecule has 2 aromatic carbocycles. The Labute approximate surface area is 231 Å². The van der Waals surface area contributed by atoms with Crippen LogP contribution in [0.4, 0.5) is 14.9 Å². The van der Waals surface area contributed by atoms with Crippen LogP contribution in [0.2, 0.25) is 0 Å². The molecule has 2 amide bonds. The summed E-state index contributed by atoms with van der Waals surface area (Å²) in [5.41, 5.74) is 1.57. The van der Waals surface area contributed by atoms with Crippen molar-refractivity contribution in [1.82, 2.24) is 9.80 Å². The summed E-state index contributed by atoms with van der Waals surface area (Å²) >= 11 is 0. The molecule has 4 rings (SSSR count). The lowest BCUT2D eigenvalue weighted by Gasteiger charge is -2.40. The summed E-state index contributed by atoms with van der Waals surface area (Å²) in [5.74, 6) is 0.504. The molecule has 212 valence electrons. The summed E-state index contributed by atoms with van der Waals surface area (Å²) in [5, 5.41) is 0. The fourth-order valence-electron chi connectivity index (χ4n) is 5.39. The van der Waals surface area contributed by atoms with Crippen molar-refractivity contribution in [1.29, 1.82) is 0 Å². The van der Waals surface area contributed by atoms with Crippen LogP contribution in [0.3, 0.4) is 0 Å². The Hall–Kier alpha value is -3.13. The van der Waals surface area contributed by atoms with Gasteiger partial charge in [-0.05, 0) is 95.3 Å². The van der Waals surface area contributed by atoms with E-state index in [1.54, 1.807) is 17.0 Å². The number of ether oxygens (including phenoxy) is 2. The van der Waals surface area contributed by atoms with Gasteiger partial charge in [-0.3, -0.25) is 9.69 Å². The fourth-order valence-corrected chi connectivity index (χ4v) is 5.39. The summed E-state index contributed by atoms with van der Waals surface area (Å²) in [6, 6.07) is 14.4. The maximum absolute atomic E-state index is 13.2. The molecule has 1 heterocycles. The molecule has 0 radical (unpaired) electrons. The van der Waals surface area contributed by atoms with Crippen LogP contribution in [0.1, 0.15) is 58.9 Å². The molecule has 7 nitrogen and oxygen atoms in total. The third-order valence-corrected chi connectivity index (χ3v) is 7.54. The Morgan fingerprint density at radius 1 is 0.974 bits per heavy atom. The van der Waals surface area contributed by atoms with Crippen LogP contribution < -0.4 is 9.64 Å². The number of nitrogens with zero attached hydrogens (tertiary/aromatic N) is 3. The second-order valence-corrected chi connectivity index (χ2v) is 11.9. The largest absolute Gasteiger partial charge is 0.490 e. The average molecular weight is 540 g/mol. The molecule has 2 aliphatic rings. The van der Waals surface area contributed by atoms with Crippen molar-refractivity contribution in [3.05, 3.63) is 59.9 Å². The van der Waals surface area contributed by atoms with E-state index in [4.69, 9.17) is 9.47 Å². The molecule has 2 aromatic rings. The van der Waals surface area contributed by atoms with Gasteiger partial charge in [-0.2, -0.15) is 0 Å². The number of hydrogen-bond acceptors (Lipinski definition) is 5. The van der Waals surface area contributed by atoms with Gasteiger partial charge in [0, 0.05) is 50.9 Å². The predicted molar refractivity (Wildman–Crippen MR) is 150 cm³/mol. The van der Waals surface area contributed by atoms with Crippen molar-refractivity contribution < 1.29 is 23.5 Å². The van der Waals surface area contributed by atoms with E-state index in [9.17, 15) is 14.0 Å². The van der Waals surface area contributed by atoms with E-state index >= 15 is 0 Å². The van der Waals surface area contributed by atoms with Gasteiger partial charge in [-0.25, -0.2) is 9.18 Å². The van der Waals surface area contributed by atoms with Gasteiger partial charge < -0.3 is 19.3 Å². The monoisotopic (exact) mass is 539 g/mol. The Morgan fingerprint density at radius 3 is 2.21 bits per heavy atom. The minimum absolute atomic E-state index is 0.0227. The highest BCUT2D eigenvalue weighted by Gasteiger charge is 2.31. The Balaban J connectivity index is 1.24. The van der Waals surface area contributed by atoms with Crippen LogP contribution in [0.5, 0.6) is 5.75 Å². The summed E-state index contributed by atoms with van der Waals surface area (Å²) < 4.78 is 24.7. The predicted octanol–water partition coefficient (Wildman–Crippen LogP) is 5.87. The third-order valence-electron chi connectivity index (χ3n) is 7.54. The van der Waals surface area contributed by atoms with Crippen molar-refractivity contribution >= 4 is 17.7 Å². The van der Waals surface area contributed by atoms with Gasteiger partial charge in [0.15, 0.2) is 0 Å². The van der Waals surface area contributed by atoms with Gasteiger partial charge in [0.25, 0.3) is 0 Å². The van der Waals surface area contributed by atoms with Crippen LogP contribution in [0.15, 0.2) is 48.5 Å². The van der Waals surface area contributed by atoms with Gasteiger partial charge in [-0.15, -0.1) is 0 Å². The fraction of sp³-hybridized carbons (Fsp3) is 0.548. The van der Waals surface area contributed by atoms with Gasteiger partial charge in [0.1, 0.15) is 17.2 Å². The lowest BCUT2D eigenvalue weighted by molar-refractivity contribution is -0.123. The molecule has 0 bridgehead atoms. The van der Waals surface area contributed by atoms with E-state index in [2.05, 4.69) is 24.0 Å². The molecule has 0 N–H and O–H groups in total. The van der Waals surface area contributed by atoms with Crippen LogP contribution >= 0.6 is 0 Å². The number of hydrogen-bond donors (Lipinski definition) is 0. The van der Waals surface area contributed by atoms with Crippen LogP contribution in [0.25, 0.3) is 0 Å². The molecular weight excluding hydrogens is 497 g/mol. The number of amides is 2. The van der Waals surface area contributed by atoms with Gasteiger partial charge in [0.05, 0.1) is 6.10 Å². The number of benzene rings is 2. The van der Waals surface area contributed by atoms with E-state index in [0.717, 1.165) is 51.0 Å². The number of carbonyl (C=O) groups excluding carboxylic acids is 2. The zero-order valence-electron chi connectivity index (χ0n) is 23.9. The van der Waals surface area contributed by atoms with E-state index in [1.807, 2.05) is 44.9 Å². The van der Waals surface area contributed by atoms with Crippen molar-refractivity contribution in [2.75, 3.05) is 31.6 Å². The van der Waals surface area contributed by atoms with Crippen LogP contribution in [-0.2, 0) is 16.1 Å². The molecule has 39 heavy (non-hydrogen) atoms. The van der Waals surface area contributed by atoms with Gasteiger partial charge >= 0.3 is 6.09 Å². The lowest BCUT2D eigenvalue weighted by Crippen LogP contribution is -2.54. The van der Waals surface area contributed by atoms with Gasteiger partial charge in [0.2, 0.25) is 5.91 Å². The maximum atomic E-state index is 13.2. The van der Waals surface area contributed by atoms with E-state index in [1.165, 1.54) is 17.7 Å². The molecule has 8 heteroatoms. The minimum atomic E-state index is -0.497. The number of carbonyl (C=O) groups is 2.